The van der Waals surface area contributed by atoms with Crippen LogP contribution in [-0.2, 0) is 10.2 Å². The third kappa shape index (κ3) is 2.85. The molecule has 0 aromatic heterocycles. The maximum absolute atomic E-state index is 13.6. The molecule has 5 fully saturated rings. The van der Waals surface area contributed by atoms with E-state index in [2.05, 4.69) is 42.6 Å². The molecule has 5 aliphatic rings. The van der Waals surface area contributed by atoms with Crippen LogP contribution in [-0.4, -0.2) is 18.0 Å². The molecule has 1 amide bonds. The molecule has 3 heteroatoms. The molecule has 4 bridgehead atoms. The Kier molecular flexibility index (Phi) is 4.16. The number of hydrogen-bond donors (Lipinski definition) is 2. The van der Waals surface area contributed by atoms with Gasteiger partial charge in [0.2, 0.25) is 5.91 Å². The van der Waals surface area contributed by atoms with E-state index in [1.807, 2.05) is 0 Å². The second-order valence-corrected chi connectivity index (χ2v) is 10.4. The Morgan fingerprint density at radius 3 is 2.26 bits per heavy atom. The second kappa shape index (κ2) is 6.34. The Morgan fingerprint density at radius 1 is 1.00 bits per heavy atom. The van der Waals surface area contributed by atoms with Gasteiger partial charge in [0, 0.05) is 12.1 Å². The van der Waals surface area contributed by atoms with Gasteiger partial charge in [0.1, 0.15) is 0 Å². The Hall–Kier alpha value is -1.35. The zero-order valence-corrected chi connectivity index (χ0v) is 16.6. The van der Waals surface area contributed by atoms with Crippen LogP contribution in [0.3, 0.4) is 0 Å². The number of benzene rings is 1. The molecule has 27 heavy (non-hydrogen) atoms. The van der Waals surface area contributed by atoms with Crippen LogP contribution in [0, 0.1) is 23.2 Å². The van der Waals surface area contributed by atoms with Gasteiger partial charge >= 0.3 is 0 Å². The first-order valence-corrected chi connectivity index (χ1v) is 11.1. The van der Waals surface area contributed by atoms with Crippen LogP contribution in [0.1, 0.15) is 70.3 Å². The van der Waals surface area contributed by atoms with Gasteiger partial charge in [-0.25, -0.2) is 0 Å². The molecule has 5 atom stereocenters. The van der Waals surface area contributed by atoms with E-state index in [1.54, 1.807) is 0 Å². The maximum Gasteiger partial charge on any atom is 0.226 e. The van der Waals surface area contributed by atoms with Crippen LogP contribution in [0.5, 0.6) is 0 Å². The van der Waals surface area contributed by atoms with Gasteiger partial charge in [0.05, 0.1) is 5.41 Å². The van der Waals surface area contributed by atoms with Crippen molar-refractivity contribution in [1.29, 1.82) is 0 Å². The fourth-order valence-electron chi connectivity index (χ4n) is 7.38. The summed E-state index contributed by atoms with van der Waals surface area (Å²) < 4.78 is 0. The second-order valence-electron chi connectivity index (χ2n) is 10.4. The van der Waals surface area contributed by atoms with Crippen LogP contribution in [0.4, 0.5) is 0 Å². The molecule has 146 valence electrons. The molecule has 6 rings (SSSR count). The van der Waals surface area contributed by atoms with E-state index in [9.17, 15) is 4.79 Å². The van der Waals surface area contributed by atoms with Crippen molar-refractivity contribution in [3.63, 3.8) is 0 Å². The van der Waals surface area contributed by atoms with Crippen molar-refractivity contribution in [1.82, 2.24) is 5.32 Å². The van der Waals surface area contributed by atoms with E-state index in [0.717, 1.165) is 50.9 Å². The minimum atomic E-state index is -0.131. The number of carbonyl (C=O) groups excluding carboxylic acids is 1. The Morgan fingerprint density at radius 2 is 1.63 bits per heavy atom. The van der Waals surface area contributed by atoms with Crippen molar-refractivity contribution < 1.29 is 4.79 Å². The lowest BCUT2D eigenvalue weighted by Crippen LogP contribution is -2.62. The summed E-state index contributed by atoms with van der Waals surface area (Å²) in [6, 6.07) is 11.8. The molecular formula is C24H34N2O. The number of nitrogens with one attached hydrogen (secondary N) is 1. The lowest BCUT2D eigenvalue weighted by molar-refractivity contribution is -0.157. The topological polar surface area (TPSA) is 55.1 Å². The lowest BCUT2D eigenvalue weighted by Gasteiger charge is -2.64. The summed E-state index contributed by atoms with van der Waals surface area (Å²) >= 11 is 0. The molecule has 3 N–H and O–H groups in total. The highest BCUT2D eigenvalue weighted by molar-refractivity contribution is 5.84. The molecule has 0 spiro atoms. The molecule has 0 saturated heterocycles. The SMILES string of the molecule is CC1C2CC3(C(=O)N[C@H]4CC[C@H](N)CC4)C[C@@H]1CC(c1ccccc1)(C2)C3. The number of amides is 1. The smallest absolute Gasteiger partial charge is 0.226 e. The zero-order valence-electron chi connectivity index (χ0n) is 16.6. The molecule has 0 heterocycles. The first kappa shape index (κ1) is 17.7. The minimum Gasteiger partial charge on any atom is -0.353 e. The first-order valence-electron chi connectivity index (χ1n) is 11.1. The summed E-state index contributed by atoms with van der Waals surface area (Å²) in [6.45, 7) is 2.44. The van der Waals surface area contributed by atoms with Gasteiger partial charge in [-0.2, -0.15) is 0 Å². The average Bonchev–Trinajstić information content (AvgIpc) is 2.68. The average molecular weight is 367 g/mol. The molecule has 1 aromatic rings. The number of carbonyl (C=O) groups is 1. The van der Waals surface area contributed by atoms with Crippen molar-refractivity contribution in [2.24, 2.45) is 28.9 Å². The van der Waals surface area contributed by atoms with Gasteiger partial charge in [0.15, 0.2) is 0 Å². The predicted molar refractivity (Wildman–Crippen MR) is 108 cm³/mol. The molecule has 5 saturated carbocycles. The molecule has 3 nitrogen and oxygen atoms in total. The summed E-state index contributed by atoms with van der Waals surface area (Å²) in [6.07, 6.45) is 10.0. The zero-order chi connectivity index (χ0) is 18.6. The molecule has 4 unspecified atom stereocenters. The van der Waals surface area contributed by atoms with Crippen molar-refractivity contribution in [3.8, 4) is 0 Å². The van der Waals surface area contributed by atoms with E-state index < -0.39 is 0 Å². The fourth-order valence-corrected chi connectivity index (χ4v) is 7.38. The van der Waals surface area contributed by atoms with Crippen LogP contribution >= 0.6 is 0 Å². The van der Waals surface area contributed by atoms with Gasteiger partial charge in [-0.15, -0.1) is 0 Å². The maximum atomic E-state index is 13.6. The van der Waals surface area contributed by atoms with Crippen LogP contribution in [0.25, 0.3) is 0 Å². The van der Waals surface area contributed by atoms with Gasteiger partial charge in [0.25, 0.3) is 0 Å². The number of hydrogen-bond acceptors (Lipinski definition) is 2. The van der Waals surface area contributed by atoms with E-state index in [0.29, 0.717) is 29.8 Å². The first-order chi connectivity index (χ1) is 13.0. The van der Waals surface area contributed by atoms with Crippen molar-refractivity contribution in [3.05, 3.63) is 35.9 Å². The minimum absolute atomic E-state index is 0.131. The molecule has 5 aliphatic carbocycles. The van der Waals surface area contributed by atoms with E-state index >= 15 is 0 Å². The summed E-state index contributed by atoms with van der Waals surface area (Å²) in [4.78, 5) is 13.6. The molecular weight excluding hydrogens is 332 g/mol. The standard InChI is InChI=1S/C24H34N2O/c1-16-17-11-23(19-5-3-2-4-6-19)12-18(16)14-24(13-17,15-23)22(27)26-21-9-7-20(25)8-10-21/h2-6,16-18,20-21H,7-15,25H2,1H3,(H,26,27)/t16?,17-,18?,20-,21-,23?,24?/m0/s1. The number of rotatable bonds is 3. The number of nitrogens with two attached hydrogens (primary N) is 1. The summed E-state index contributed by atoms with van der Waals surface area (Å²) in [5.41, 5.74) is 7.63. The van der Waals surface area contributed by atoms with Crippen molar-refractivity contribution in [2.45, 2.75) is 82.2 Å². The quantitative estimate of drug-likeness (QED) is 0.844. The van der Waals surface area contributed by atoms with E-state index in [1.165, 1.54) is 18.4 Å². The van der Waals surface area contributed by atoms with Gasteiger partial charge in [-0.3, -0.25) is 4.79 Å². The van der Waals surface area contributed by atoms with E-state index in [-0.39, 0.29) is 10.8 Å². The highest BCUT2D eigenvalue weighted by Gasteiger charge is 2.63. The Balaban J connectivity index is 1.41. The van der Waals surface area contributed by atoms with Crippen molar-refractivity contribution >= 4 is 5.91 Å². The largest absolute Gasteiger partial charge is 0.353 e. The third-order valence-corrected chi connectivity index (χ3v) is 8.75. The monoisotopic (exact) mass is 366 g/mol. The lowest BCUT2D eigenvalue weighted by atomic mass is 9.40. The molecule has 0 aliphatic heterocycles. The normalized spacial score (nSPS) is 45.6. The van der Waals surface area contributed by atoms with Gasteiger partial charge in [-0.1, -0.05) is 37.3 Å². The molecule has 0 radical (unpaired) electrons. The van der Waals surface area contributed by atoms with Gasteiger partial charge in [-0.05, 0) is 86.5 Å². The van der Waals surface area contributed by atoms with E-state index in [4.69, 9.17) is 5.73 Å². The third-order valence-electron chi connectivity index (χ3n) is 8.75. The highest BCUT2D eigenvalue weighted by atomic mass is 16.2. The van der Waals surface area contributed by atoms with Gasteiger partial charge < -0.3 is 11.1 Å². The van der Waals surface area contributed by atoms with Crippen LogP contribution in [0.2, 0.25) is 0 Å². The summed E-state index contributed by atoms with van der Waals surface area (Å²) in [5.74, 6) is 2.55. The predicted octanol–water partition coefficient (Wildman–Crippen LogP) is 4.16. The van der Waals surface area contributed by atoms with Crippen LogP contribution in [0.15, 0.2) is 30.3 Å². The Bertz CT molecular complexity index is 690. The molecule has 1 aromatic carbocycles. The summed E-state index contributed by atoms with van der Waals surface area (Å²) in [7, 11) is 0. The van der Waals surface area contributed by atoms with Crippen LogP contribution < -0.4 is 11.1 Å². The highest BCUT2D eigenvalue weighted by Crippen LogP contribution is 2.67. The Labute approximate surface area is 163 Å². The van der Waals surface area contributed by atoms with Crippen molar-refractivity contribution in [2.75, 3.05) is 0 Å². The summed E-state index contributed by atoms with van der Waals surface area (Å²) in [5, 5.41) is 3.49. The fraction of sp³-hybridized carbons (Fsp3) is 0.708.